The lowest BCUT2D eigenvalue weighted by Crippen LogP contribution is -2.12. The molecule has 0 spiro atoms. The van der Waals surface area contributed by atoms with Gasteiger partial charge in [-0.25, -0.2) is 0 Å². The van der Waals surface area contributed by atoms with E-state index >= 15 is 0 Å². The molecule has 0 bridgehead atoms. The first-order chi connectivity index (χ1) is 8.78. The Labute approximate surface area is 116 Å². The van der Waals surface area contributed by atoms with Gasteiger partial charge in [0.15, 0.2) is 0 Å². The Kier molecular flexibility index (Phi) is 3.25. The van der Waals surface area contributed by atoms with E-state index in [0.29, 0.717) is 0 Å². The summed E-state index contributed by atoms with van der Waals surface area (Å²) in [5, 5.41) is 7.75. The molecule has 3 heteroatoms. The molecular weight excluding hydrogens is 288 g/mol. The molecule has 18 heavy (non-hydrogen) atoms. The minimum absolute atomic E-state index is 0.823. The van der Waals surface area contributed by atoms with Crippen molar-refractivity contribution in [3.63, 3.8) is 0 Å². The average Bonchev–Trinajstić information content (AvgIpc) is 2.82. The minimum Gasteiger partial charge on any atom is -0.282 e. The molecule has 1 aliphatic rings. The second-order valence-corrected chi connectivity index (χ2v) is 5.97. The monoisotopic (exact) mass is 304 g/mol. The highest BCUT2D eigenvalue weighted by Crippen LogP contribution is 2.33. The first kappa shape index (κ1) is 12.0. The number of H-pyrrole nitrogens is 1. The number of halogens is 1. The highest BCUT2D eigenvalue weighted by Gasteiger charge is 2.23. The fourth-order valence-electron chi connectivity index (χ4n) is 2.76. The molecule has 2 aromatic rings. The van der Waals surface area contributed by atoms with E-state index in [9.17, 15) is 0 Å². The van der Waals surface area contributed by atoms with Crippen LogP contribution >= 0.6 is 15.9 Å². The molecular formula is C15H17BrN2. The number of aromatic nitrogens is 2. The topological polar surface area (TPSA) is 28.7 Å². The smallest absolute Gasteiger partial charge is 0.0955 e. The summed E-state index contributed by atoms with van der Waals surface area (Å²) in [4.78, 5) is 0. The SMILES string of the molecule is CCC1CCc2[nH]nc(-c3ccc(Br)cc3)c2C1. The van der Waals surface area contributed by atoms with Crippen molar-refractivity contribution in [2.45, 2.75) is 32.6 Å². The molecule has 1 heterocycles. The van der Waals surface area contributed by atoms with Gasteiger partial charge in [-0.15, -0.1) is 0 Å². The van der Waals surface area contributed by atoms with Crippen LogP contribution in [0.2, 0.25) is 0 Å². The van der Waals surface area contributed by atoms with E-state index in [1.54, 1.807) is 0 Å². The van der Waals surface area contributed by atoms with Gasteiger partial charge in [-0.05, 0) is 37.3 Å². The van der Waals surface area contributed by atoms with Crippen LogP contribution in [-0.4, -0.2) is 10.2 Å². The van der Waals surface area contributed by atoms with Gasteiger partial charge in [0.2, 0.25) is 0 Å². The second-order valence-electron chi connectivity index (χ2n) is 5.05. The molecule has 0 radical (unpaired) electrons. The maximum atomic E-state index is 4.53. The Morgan fingerprint density at radius 2 is 2.11 bits per heavy atom. The number of nitrogens with one attached hydrogen (secondary N) is 1. The predicted molar refractivity (Wildman–Crippen MR) is 77.5 cm³/mol. The van der Waals surface area contributed by atoms with E-state index in [4.69, 9.17) is 0 Å². The standard InChI is InChI=1S/C15H17BrN2/c1-2-10-3-8-14-13(9-10)15(18-17-14)11-4-6-12(16)7-5-11/h4-7,10H,2-3,8-9H2,1H3,(H,17,18). The molecule has 0 aliphatic heterocycles. The highest BCUT2D eigenvalue weighted by molar-refractivity contribution is 9.10. The number of hydrogen-bond acceptors (Lipinski definition) is 1. The zero-order valence-corrected chi connectivity index (χ0v) is 12.1. The van der Waals surface area contributed by atoms with Crippen LogP contribution < -0.4 is 0 Å². The molecule has 1 aromatic carbocycles. The fraction of sp³-hybridized carbons (Fsp3) is 0.400. The van der Waals surface area contributed by atoms with Gasteiger partial charge in [0, 0.05) is 21.3 Å². The molecule has 1 unspecified atom stereocenters. The number of benzene rings is 1. The molecule has 1 aliphatic carbocycles. The number of aryl methyl sites for hydroxylation is 1. The van der Waals surface area contributed by atoms with Crippen molar-refractivity contribution in [1.82, 2.24) is 10.2 Å². The first-order valence-corrected chi connectivity index (χ1v) is 7.39. The van der Waals surface area contributed by atoms with Gasteiger partial charge in [0.25, 0.3) is 0 Å². The molecule has 2 nitrogen and oxygen atoms in total. The predicted octanol–water partition coefficient (Wildman–Crippen LogP) is 4.35. The summed E-state index contributed by atoms with van der Waals surface area (Å²) in [7, 11) is 0. The van der Waals surface area contributed by atoms with E-state index in [2.05, 4.69) is 57.3 Å². The van der Waals surface area contributed by atoms with Crippen molar-refractivity contribution in [3.8, 4) is 11.3 Å². The quantitative estimate of drug-likeness (QED) is 0.877. The van der Waals surface area contributed by atoms with Crippen molar-refractivity contribution in [2.75, 3.05) is 0 Å². The molecule has 0 amide bonds. The van der Waals surface area contributed by atoms with Crippen LogP contribution in [0.3, 0.4) is 0 Å². The van der Waals surface area contributed by atoms with E-state index < -0.39 is 0 Å². The van der Waals surface area contributed by atoms with Crippen LogP contribution in [-0.2, 0) is 12.8 Å². The van der Waals surface area contributed by atoms with Crippen LogP contribution in [0.1, 0.15) is 31.0 Å². The number of nitrogens with zero attached hydrogens (tertiary/aromatic N) is 1. The summed E-state index contributed by atoms with van der Waals surface area (Å²) in [5.74, 6) is 0.823. The number of rotatable bonds is 2. The van der Waals surface area contributed by atoms with Crippen molar-refractivity contribution in [1.29, 1.82) is 0 Å². The lowest BCUT2D eigenvalue weighted by Gasteiger charge is -2.20. The van der Waals surface area contributed by atoms with Crippen molar-refractivity contribution in [2.24, 2.45) is 5.92 Å². The largest absolute Gasteiger partial charge is 0.282 e. The zero-order valence-electron chi connectivity index (χ0n) is 10.5. The molecule has 1 N–H and O–H groups in total. The third-order valence-corrected chi connectivity index (χ3v) is 4.47. The average molecular weight is 305 g/mol. The van der Waals surface area contributed by atoms with Gasteiger partial charge < -0.3 is 0 Å². The molecule has 1 atom stereocenters. The molecule has 0 fully saturated rings. The minimum atomic E-state index is 0.823. The Balaban J connectivity index is 1.99. The molecule has 0 saturated carbocycles. The Hall–Kier alpha value is -1.09. The van der Waals surface area contributed by atoms with E-state index in [1.165, 1.54) is 36.1 Å². The third-order valence-electron chi connectivity index (χ3n) is 3.94. The normalized spacial score (nSPS) is 18.7. The maximum Gasteiger partial charge on any atom is 0.0955 e. The van der Waals surface area contributed by atoms with Gasteiger partial charge >= 0.3 is 0 Å². The maximum absolute atomic E-state index is 4.53. The van der Waals surface area contributed by atoms with Crippen LogP contribution in [0.4, 0.5) is 0 Å². The summed E-state index contributed by atoms with van der Waals surface area (Å²) in [6.07, 6.45) is 4.89. The Morgan fingerprint density at radius 3 is 2.83 bits per heavy atom. The number of fused-ring (bicyclic) bond motifs is 1. The van der Waals surface area contributed by atoms with Gasteiger partial charge in [0.1, 0.15) is 0 Å². The highest BCUT2D eigenvalue weighted by atomic mass is 79.9. The third kappa shape index (κ3) is 2.12. The van der Waals surface area contributed by atoms with E-state index in [-0.39, 0.29) is 0 Å². The summed E-state index contributed by atoms with van der Waals surface area (Å²) in [5.41, 5.74) is 5.15. The molecule has 0 saturated heterocycles. The van der Waals surface area contributed by atoms with Crippen LogP contribution in [0, 0.1) is 5.92 Å². The Morgan fingerprint density at radius 1 is 1.33 bits per heavy atom. The van der Waals surface area contributed by atoms with Gasteiger partial charge in [-0.3, -0.25) is 5.10 Å². The van der Waals surface area contributed by atoms with Gasteiger partial charge in [0.05, 0.1) is 5.69 Å². The molecule has 94 valence electrons. The summed E-state index contributed by atoms with van der Waals surface area (Å²) in [6.45, 7) is 2.29. The van der Waals surface area contributed by atoms with Crippen molar-refractivity contribution < 1.29 is 0 Å². The molecule has 3 rings (SSSR count). The summed E-state index contributed by atoms with van der Waals surface area (Å²) < 4.78 is 1.11. The van der Waals surface area contributed by atoms with Crippen LogP contribution in [0.15, 0.2) is 28.7 Å². The van der Waals surface area contributed by atoms with Gasteiger partial charge in [-0.1, -0.05) is 41.4 Å². The lowest BCUT2D eigenvalue weighted by atomic mass is 9.84. The van der Waals surface area contributed by atoms with Crippen molar-refractivity contribution >= 4 is 15.9 Å². The van der Waals surface area contributed by atoms with E-state index in [1.807, 2.05) is 0 Å². The summed E-state index contributed by atoms with van der Waals surface area (Å²) in [6, 6.07) is 8.43. The van der Waals surface area contributed by atoms with E-state index in [0.717, 1.165) is 22.5 Å². The summed E-state index contributed by atoms with van der Waals surface area (Å²) >= 11 is 3.48. The Bertz CT molecular complexity index is 542. The van der Waals surface area contributed by atoms with Crippen LogP contribution in [0.25, 0.3) is 11.3 Å². The number of hydrogen-bond donors (Lipinski definition) is 1. The first-order valence-electron chi connectivity index (χ1n) is 6.60. The number of aromatic amines is 1. The molecule has 1 aromatic heterocycles. The zero-order chi connectivity index (χ0) is 12.5. The second kappa shape index (κ2) is 4.88. The van der Waals surface area contributed by atoms with Crippen molar-refractivity contribution in [3.05, 3.63) is 40.0 Å². The lowest BCUT2D eigenvalue weighted by molar-refractivity contribution is 0.443. The van der Waals surface area contributed by atoms with Crippen LogP contribution in [0.5, 0.6) is 0 Å². The van der Waals surface area contributed by atoms with Gasteiger partial charge in [-0.2, -0.15) is 5.10 Å². The fourth-order valence-corrected chi connectivity index (χ4v) is 3.03.